The summed E-state index contributed by atoms with van der Waals surface area (Å²) < 4.78 is 0. The number of aryl methyl sites for hydroxylation is 1. The van der Waals surface area contributed by atoms with Gasteiger partial charge in [0.15, 0.2) is 10.8 Å². The molecule has 74 valence electrons. The van der Waals surface area contributed by atoms with Gasteiger partial charge in [0.25, 0.3) is 0 Å². The molecule has 0 unspecified atom stereocenters. The zero-order chi connectivity index (χ0) is 10.7. The highest BCUT2D eigenvalue weighted by molar-refractivity contribution is 5.48. The maximum atomic E-state index is 10.4. The summed E-state index contributed by atoms with van der Waals surface area (Å²) in [5, 5.41) is 18.5. The van der Waals surface area contributed by atoms with E-state index >= 15 is 0 Å². The Bertz CT molecular complexity index is 365. The van der Waals surface area contributed by atoms with E-state index in [2.05, 4.69) is 0 Å². The predicted octanol–water partition coefficient (Wildman–Crippen LogP) is 1.18. The molecule has 0 bridgehead atoms. The molecule has 0 saturated carbocycles. The number of hydrazine groups is 2. The molecule has 0 saturated heterocycles. The Balaban J connectivity index is 3.18. The van der Waals surface area contributed by atoms with Crippen LogP contribution in [0.5, 0.6) is 0 Å². The van der Waals surface area contributed by atoms with E-state index in [4.69, 9.17) is 0 Å². The minimum Gasteiger partial charge on any atom is -0.230 e. The van der Waals surface area contributed by atoms with Gasteiger partial charge in [0.05, 0.1) is 0 Å². The van der Waals surface area contributed by atoms with Crippen LogP contribution in [-0.2, 0) is 0 Å². The Labute approximate surface area is 78.8 Å². The van der Waals surface area contributed by atoms with Gasteiger partial charge < -0.3 is 0 Å². The summed E-state index contributed by atoms with van der Waals surface area (Å²) in [6.45, 7) is 1.56. The third-order valence-corrected chi connectivity index (χ3v) is 1.64. The first-order valence-corrected chi connectivity index (χ1v) is 3.68. The molecule has 0 heterocycles. The number of para-hydroxylation sites is 1. The summed E-state index contributed by atoms with van der Waals surface area (Å²) in [6, 6.07) is 6.04. The summed E-state index contributed by atoms with van der Waals surface area (Å²) in [7, 11) is 0. The molecule has 7 heteroatoms. The van der Waals surface area contributed by atoms with E-state index in [-0.39, 0.29) is 10.8 Å². The first kappa shape index (κ1) is 9.90. The van der Waals surface area contributed by atoms with E-state index in [9.17, 15) is 20.2 Å². The molecule has 0 aliphatic heterocycles. The van der Waals surface area contributed by atoms with Crippen molar-refractivity contribution in [2.75, 3.05) is 5.12 Å². The minimum atomic E-state index is -1.07. The van der Waals surface area contributed by atoms with Crippen LogP contribution in [0.1, 0.15) is 5.56 Å². The van der Waals surface area contributed by atoms with Crippen molar-refractivity contribution >= 4 is 5.69 Å². The van der Waals surface area contributed by atoms with Crippen molar-refractivity contribution in [1.82, 2.24) is 0 Å². The normalized spacial score (nSPS) is 9.50. The van der Waals surface area contributed by atoms with E-state index in [1.54, 1.807) is 19.1 Å². The molecular weight excluding hydrogens is 190 g/mol. The van der Waals surface area contributed by atoms with Crippen LogP contribution < -0.4 is 5.12 Å². The van der Waals surface area contributed by atoms with Crippen LogP contribution in [0.4, 0.5) is 5.69 Å². The third-order valence-electron chi connectivity index (χ3n) is 1.64. The zero-order valence-corrected chi connectivity index (χ0v) is 7.28. The monoisotopic (exact) mass is 197 g/mol. The molecule has 0 aromatic heterocycles. The van der Waals surface area contributed by atoms with Gasteiger partial charge in [-0.3, -0.25) is 0 Å². The second-order valence-electron chi connectivity index (χ2n) is 2.55. The highest BCUT2D eigenvalue weighted by Gasteiger charge is 2.31. The number of hydrogen-bond acceptors (Lipinski definition) is 4. The van der Waals surface area contributed by atoms with Crippen LogP contribution in [0.3, 0.4) is 0 Å². The summed E-state index contributed by atoms with van der Waals surface area (Å²) in [5.74, 6) is 0. The van der Waals surface area contributed by atoms with Crippen LogP contribution in [0, 0.1) is 27.2 Å². The van der Waals surface area contributed by atoms with Crippen LogP contribution in [-0.4, -0.2) is 10.1 Å². The Morgan fingerprint density at radius 2 is 1.64 bits per heavy atom. The molecule has 1 rings (SSSR count). The van der Waals surface area contributed by atoms with Crippen LogP contribution in [0.15, 0.2) is 24.3 Å². The SMILES string of the molecule is Cc1ccccc1N([N+](=O)[O-])[N+](=O)[O-]. The number of nitrogens with zero attached hydrogens (tertiary/aromatic N) is 3. The maximum absolute atomic E-state index is 10.4. The summed E-state index contributed by atoms with van der Waals surface area (Å²) in [6.07, 6.45) is 0. The topological polar surface area (TPSA) is 89.5 Å². The van der Waals surface area contributed by atoms with E-state index in [1.807, 2.05) is 0 Å². The van der Waals surface area contributed by atoms with Gasteiger partial charge in [-0.05, 0) is 18.6 Å². The van der Waals surface area contributed by atoms with Crippen molar-refractivity contribution in [1.29, 1.82) is 0 Å². The van der Waals surface area contributed by atoms with Crippen molar-refractivity contribution < 1.29 is 10.1 Å². The van der Waals surface area contributed by atoms with Crippen molar-refractivity contribution in [2.45, 2.75) is 6.92 Å². The Hall–Kier alpha value is -2.18. The van der Waals surface area contributed by atoms with Gasteiger partial charge in [-0.15, -0.1) is 0 Å². The van der Waals surface area contributed by atoms with Crippen LogP contribution in [0.2, 0.25) is 0 Å². The van der Waals surface area contributed by atoms with E-state index in [1.165, 1.54) is 12.1 Å². The van der Waals surface area contributed by atoms with Gasteiger partial charge in [0.2, 0.25) is 10.1 Å². The fourth-order valence-corrected chi connectivity index (χ4v) is 1.02. The minimum absolute atomic E-state index is 0.0394. The van der Waals surface area contributed by atoms with Crippen LogP contribution in [0.25, 0.3) is 0 Å². The first-order chi connectivity index (χ1) is 6.54. The van der Waals surface area contributed by atoms with E-state index in [0.29, 0.717) is 5.56 Å². The third kappa shape index (κ3) is 1.76. The summed E-state index contributed by atoms with van der Waals surface area (Å²) >= 11 is 0. The van der Waals surface area contributed by atoms with Crippen molar-refractivity contribution in [3.63, 3.8) is 0 Å². The highest BCUT2D eigenvalue weighted by atomic mass is 16.8. The van der Waals surface area contributed by atoms with Gasteiger partial charge in [-0.1, -0.05) is 18.2 Å². The average Bonchev–Trinajstić information content (AvgIpc) is 2.07. The van der Waals surface area contributed by atoms with Crippen molar-refractivity contribution in [3.05, 3.63) is 50.1 Å². The lowest BCUT2D eigenvalue weighted by molar-refractivity contribution is -0.712. The molecule has 7 nitrogen and oxygen atoms in total. The van der Waals surface area contributed by atoms with Crippen molar-refractivity contribution in [2.24, 2.45) is 0 Å². The number of hydrogen-bond donors (Lipinski definition) is 0. The lowest BCUT2D eigenvalue weighted by atomic mass is 10.2. The summed E-state index contributed by atoms with van der Waals surface area (Å²) in [4.78, 5) is 20.8. The number of benzene rings is 1. The van der Waals surface area contributed by atoms with Gasteiger partial charge in [-0.2, -0.15) is 0 Å². The predicted molar refractivity (Wildman–Crippen MR) is 47.6 cm³/mol. The standard InChI is InChI=1S/C7H7N3O4/c1-6-4-2-3-5-7(6)8(9(11)12)10(13)14/h2-5H,1H3. The maximum Gasteiger partial charge on any atom is 0.228 e. The Kier molecular flexibility index (Phi) is 2.61. The summed E-state index contributed by atoms with van der Waals surface area (Å²) in [5.41, 5.74) is 0.434. The second kappa shape index (κ2) is 3.69. The molecule has 14 heavy (non-hydrogen) atoms. The van der Waals surface area contributed by atoms with E-state index < -0.39 is 10.1 Å². The molecule has 0 spiro atoms. The average molecular weight is 197 g/mol. The molecule has 1 aromatic rings. The molecule has 0 fully saturated rings. The molecule has 0 aliphatic carbocycles. The Morgan fingerprint density at radius 1 is 1.14 bits per heavy atom. The largest absolute Gasteiger partial charge is 0.230 e. The van der Waals surface area contributed by atoms with Crippen molar-refractivity contribution in [3.8, 4) is 0 Å². The Morgan fingerprint density at radius 3 is 2.07 bits per heavy atom. The quantitative estimate of drug-likeness (QED) is 0.536. The fraction of sp³-hybridized carbons (Fsp3) is 0.143. The molecule has 0 radical (unpaired) electrons. The molecular formula is C7H7N3O4. The molecule has 1 aromatic carbocycles. The van der Waals surface area contributed by atoms with Gasteiger partial charge in [-0.25, -0.2) is 20.2 Å². The molecule has 0 aliphatic rings. The fourth-order valence-electron chi connectivity index (χ4n) is 1.02. The van der Waals surface area contributed by atoms with E-state index in [0.717, 1.165) is 0 Å². The van der Waals surface area contributed by atoms with Gasteiger partial charge in [0, 0.05) is 0 Å². The van der Waals surface area contributed by atoms with Crippen LogP contribution >= 0.6 is 0 Å². The molecule has 0 amide bonds. The highest BCUT2D eigenvalue weighted by Crippen LogP contribution is 2.18. The number of rotatable bonds is 3. The number of anilines is 1. The number of nitro groups is 2. The lowest BCUT2D eigenvalue weighted by Crippen LogP contribution is -2.35. The van der Waals surface area contributed by atoms with Gasteiger partial charge in [0.1, 0.15) is 0 Å². The second-order valence-corrected chi connectivity index (χ2v) is 2.55. The molecule has 0 N–H and O–H groups in total. The first-order valence-electron chi connectivity index (χ1n) is 3.68. The smallest absolute Gasteiger partial charge is 0.228 e. The molecule has 0 atom stereocenters. The van der Waals surface area contributed by atoms with Gasteiger partial charge >= 0.3 is 0 Å². The lowest BCUT2D eigenvalue weighted by Gasteiger charge is -2.05. The zero-order valence-electron chi connectivity index (χ0n) is 7.28.